The van der Waals surface area contributed by atoms with E-state index in [0.29, 0.717) is 24.3 Å². The van der Waals surface area contributed by atoms with Crippen LogP contribution in [0.5, 0.6) is 0 Å². The quantitative estimate of drug-likeness (QED) is 0.612. The molecule has 1 aromatic heterocycles. The molecule has 3 rings (SSSR count). The van der Waals surface area contributed by atoms with Crippen LogP contribution in [0.15, 0.2) is 6.07 Å². The van der Waals surface area contributed by atoms with Crippen LogP contribution in [0.25, 0.3) is 0 Å². The van der Waals surface area contributed by atoms with Crippen molar-refractivity contribution >= 4 is 17.7 Å². The summed E-state index contributed by atoms with van der Waals surface area (Å²) in [6, 6.07) is 1.45. The van der Waals surface area contributed by atoms with Crippen molar-refractivity contribution in [2.24, 2.45) is 5.92 Å². The Kier molecular flexibility index (Phi) is 5.45. The van der Waals surface area contributed by atoms with Crippen LogP contribution in [0.1, 0.15) is 74.1 Å². The zero-order chi connectivity index (χ0) is 19.8. The molecular formula is C21H31N3O3. The standard InChI is InChI=1S/C21H31N3O3/c1-14(2)8-11-23-15(3)12-17(16(23)4)18(25)13-24-19(26)21(22-20(24)27)9-6-5-7-10-21/h12,14H,5-11,13H2,1-4H3,(H,22,27). The Hall–Kier alpha value is -2.11. The number of hydrogen-bond acceptors (Lipinski definition) is 3. The molecule has 2 aliphatic rings. The molecular weight excluding hydrogens is 342 g/mol. The molecule has 1 aliphatic heterocycles. The lowest BCUT2D eigenvalue weighted by Gasteiger charge is -2.30. The number of amides is 3. The lowest BCUT2D eigenvalue weighted by atomic mass is 9.82. The third kappa shape index (κ3) is 3.66. The van der Waals surface area contributed by atoms with Crippen LogP contribution in [0, 0.1) is 19.8 Å². The van der Waals surface area contributed by atoms with Crippen molar-refractivity contribution in [3.05, 3.63) is 23.0 Å². The van der Waals surface area contributed by atoms with E-state index in [2.05, 4.69) is 23.7 Å². The van der Waals surface area contributed by atoms with Crippen molar-refractivity contribution in [1.29, 1.82) is 0 Å². The third-order valence-corrected chi connectivity index (χ3v) is 6.06. The molecule has 2 heterocycles. The Labute approximate surface area is 161 Å². The molecule has 1 N–H and O–H groups in total. The van der Waals surface area contributed by atoms with Gasteiger partial charge in [-0.25, -0.2) is 4.79 Å². The Balaban J connectivity index is 1.75. The van der Waals surface area contributed by atoms with Gasteiger partial charge in [0, 0.05) is 23.5 Å². The zero-order valence-corrected chi connectivity index (χ0v) is 16.9. The number of nitrogens with zero attached hydrogens (tertiary/aromatic N) is 2. The Morgan fingerprint density at radius 1 is 1.19 bits per heavy atom. The molecule has 0 unspecified atom stereocenters. The van der Waals surface area contributed by atoms with Gasteiger partial charge in [0.25, 0.3) is 5.91 Å². The Bertz CT molecular complexity index is 757. The van der Waals surface area contributed by atoms with E-state index in [-0.39, 0.29) is 18.2 Å². The fourth-order valence-corrected chi connectivity index (χ4v) is 4.36. The molecule has 148 valence electrons. The molecule has 6 heteroatoms. The summed E-state index contributed by atoms with van der Waals surface area (Å²) in [6.07, 6.45) is 5.35. The first-order valence-electron chi connectivity index (χ1n) is 10.1. The third-order valence-electron chi connectivity index (χ3n) is 6.06. The smallest absolute Gasteiger partial charge is 0.325 e. The number of carbonyl (C=O) groups excluding carboxylic acids is 3. The topological polar surface area (TPSA) is 71.4 Å². The molecule has 0 bridgehead atoms. The molecule has 3 amide bonds. The first-order valence-corrected chi connectivity index (χ1v) is 10.1. The zero-order valence-electron chi connectivity index (χ0n) is 16.9. The van der Waals surface area contributed by atoms with E-state index in [9.17, 15) is 14.4 Å². The number of urea groups is 1. The van der Waals surface area contributed by atoms with Gasteiger partial charge < -0.3 is 9.88 Å². The molecule has 1 spiro atoms. The van der Waals surface area contributed by atoms with Gasteiger partial charge in [-0.2, -0.15) is 0 Å². The summed E-state index contributed by atoms with van der Waals surface area (Å²) in [7, 11) is 0. The highest BCUT2D eigenvalue weighted by molar-refractivity contribution is 6.11. The maximum Gasteiger partial charge on any atom is 0.325 e. The van der Waals surface area contributed by atoms with Crippen LogP contribution in [-0.4, -0.2) is 39.3 Å². The molecule has 0 atom stereocenters. The van der Waals surface area contributed by atoms with Crippen molar-refractivity contribution in [3.63, 3.8) is 0 Å². The largest absolute Gasteiger partial charge is 0.348 e. The van der Waals surface area contributed by atoms with E-state index in [1.165, 1.54) is 0 Å². The van der Waals surface area contributed by atoms with Crippen LogP contribution in [0.2, 0.25) is 0 Å². The molecule has 0 radical (unpaired) electrons. The number of hydrogen-bond donors (Lipinski definition) is 1. The number of aromatic nitrogens is 1. The average Bonchev–Trinajstić information content (AvgIpc) is 3.02. The van der Waals surface area contributed by atoms with E-state index in [4.69, 9.17) is 0 Å². The van der Waals surface area contributed by atoms with Crippen molar-refractivity contribution in [2.75, 3.05) is 6.54 Å². The predicted molar refractivity (Wildman–Crippen MR) is 104 cm³/mol. The first kappa shape index (κ1) is 19.6. The van der Waals surface area contributed by atoms with Gasteiger partial charge >= 0.3 is 6.03 Å². The SMILES string of the molecule is Cc1cc(C(=O)CN2C(=O)NC3(CCCCC3)C2=O)c(C)n1CCC(C)C. The van der Waals surface area contributed by atoms with Crippen molar-refractivity contribution in [2.45, 2.75) is 78.3 Å². The summed E-state index contributed by atoms with van der Waals surface area (Å²) < 4.78 is 2.15. The minimum atomic E-state index is -0.774. The fraction of sp³-hybridized carbons (Fsp3) is 0.667. The van der Waals surface area contributed by atoms with Gasteiger partial charge in [0.2, 0.25) is 0 Å². The number of ketones is 1. The minimum absolute atomic E-state index is 0.171. The van der Waals surface area contributed by atoms with Crippen LogP contribution in [0.3, 0.4) is 0 Å². The Morgan fingerprint density at radius 3 is 2.48 bits per heavy atom. The normalized spacial score (nSPS) is 19.2. The van der Waals surface area contributed by atoms with Gasteiger partial charge in [-0.15, -0.1) is 0 Å². The van der Waals surface area contributed by atoms with Crippen LogP contribution >= 0.6 is 0 Å². The average molecular weight is 373 g/mol. The van der Waals surface area contributed by atoms with Gasteiger partial charge in [-0.3, -0.25) is 14.5 Å². The van der Waals surface area contributed by atoms with Crippen LogP contribution in [0.4, 0.5) is 4.79 Å². The lowest BCUT2D eigenvalue weighted by molar-refractivity contribution is -0.132. The van der Waals surface area contributed by atoms with Gasteiger partial charge in [0.15, 0.2) is 5.78 Å². The van der Waals surface area contributed by atoms with E-state index in [1.807, 2.05) is 19.9 Å². The first-order chi connectivity index (χ1) is 12.7. The van der Waals surface area contributed by atoms with E-state index >= 15 is 0 Å². The van der Waals surface area contributed by atoms with Crippen LogP contribution in [-0.2, 0) is 11.3 Å². The van der Waals surface area contributed by atoms with E-state index in [0.717, 1.165) is 48.5 Å². The molecule has 1 aromatic rings. The van der Waals surface area contributed by atoms with Crippen molar-refractivity contribution in [3.8, 4) is 0 Å². The summed E-state index contributed by atoms with van der Waals surface area (Å²) in [5.41, 5.74) is 1.79. The second-order valence-corrected chi connectivity index (χ2v) is 8.51. The molecule has 1 saturated heterocycles. The predicted octanol–water partition coefficient (Wildman–Crippen LogP) is 3.59. The lowest BCUT2D eigenvalue weighted by Crippen LogP contribution is -2.48. The van der Waals surface area contributed by atoms with E-state index in [1.54, 1.807) is 0 Å². The maximum atomic E-state index is 12.9. The summed E-state index contributed by atoms with van der Waals surface area (Å²) in [4.78, 5) is 39.3. The van der Waals surface area contributed by atoms with E-state index < -0.39 is 11.6 Å². The van der Waals surface area contributed by atoms with Crippen molar-refractivity contribution < 1.29 is 14.4 Å². The Morgan fingerprint density at radius 2 is 1.85 bits per heavy atom. The number of rotatable bonds is 6. The molecule has 27 heavy (non-hydrogen) atoms. The number of imide groups is 1. The number of aryl methyl sites for hydroxylation is 1. The highest BCUT2D eigenvalue weighted by Crippen LogP contribution is 2.33. The van der Waals surface area contributed by atoms with Crippen LogP contribution < -0.4 is 5.32 Å². The van der Waals surface area contributed by atoms with Gasteiger partial charge in [-0.1, -0.05) is 33.1 Å². The maximum absolute atomic E-state index is 12.9. The number of nitrogens with one attached hydrogen (secondary N) is 1. The van der Waals surface area contributed by atoms with Gasteiger partial charge in [0.1, 0.15) is 5.54 Å². The minimum Gasteiger partial charge on any atom is -0.348 e. The second-order valence-electron chi connectivity index (χ2n) is 8.51. The molecule has 1 saturated carbocycles. The molecule has 0 aromatic carbocycles. The fourth-order valence-electron chi connectivity index (χ4n) is 4.36. The highest BCUT2D eigenvalue weighted by Gasteiger charge is 2.51. The van der Waals surface area contributed by atoms with Gasteiger partial charge in [0.05, 0.1) is 6.54 Å². The summed E-state index contributed by atoms with van der Waals surface area (Å²) >= 11 is 0. The number of Topliss-reactive ketones (excluding diaryl/α,β-unsaturated/α-hetero) is 1. The molecule has 2 fully saturated rings. The molecule has 6 nitrogen and oxygen atoms in total. The summed E-state index contributed by atoms with van der Waals surface area (Å²) in [6.45, 7) is 8.98. The molecule has 1 aliphatic carbocycles. The van der Waals surface area contributed by atoms with Gasteiger partial charge in [-0.05, 0) is 45.1 Å². The monoisotopic (exact) mass is 373 g/mol. The summed E-state index contributed by atoms with van der Waals surface area (Å²) in [5.74, 6) is 0.187. The second kappa shape index (κ2) is 7.49. The van der Waals surface area contributed by atoms with Crippen molar-refractivity contribution in [1.82, 2.24) is 14.8 Å². The summed E-state index contributed by atoms with van der Waals surface area (Å²) in [5, 5.41) is 2.87. The number of carbonyl (C=O) groups is 3. The highest BCUT2D eigenvalue weighted by atomic mass is 16.2.